The summed E-state index contributed by atoms with van der Waals surface area (Å²) in [5.74, 6) is -2.80. The second-order valence-corrected chi connectivity index (χ2v) is 7.37. The van der Waals surface area contributed by atoms with Crippen LogP contribution in [0.4, 0.5) is 4.79 Å². The molecule has 8 heteroatoms. The first-order valence-electron chi connectivity index (χ1n) is 9.79. The van der Waals surface area contributed by atoms with Crippen LogP contribution in [0.3, 0.4) is 0 Å². The number of carbonyl (C=O) groups excluding carboxylic acids is 1. The molecule has 1 aromatic heterocycles. The monoisotopic (exact) mass is 421 g/mol. The molecule has 3 rings (SSSR count). The van der Waals surface area contributed by atoms with Crippen molar-refractivity contribution in [1.29, 1.82) is 0 Å². The van der Waals surface area contributed by atoms with E-state index in [-0.39, 0.29) is 12.0 Å². The summed E-state index contributed by atoms with van der Waals surface area (Å²) in [7, 11) is 0. The number of carboxylic acid groups (broad SMARTS) is 2. The molecule has 160 valence electrons. The summed E-state index contributed by atoms with van der Waals surface area (Å²) >= 11 is 0. The largest absolute Gasteiger partial charge is 0.481 e. The SMILES string of the molecule is C[C@H](C[C@@H](Cc1ccc(-c2ccccc2)cc1)NC(=O)n1cc(C(=O)O)cn1)C(=O)O. The number of amides is 1. The summed E-state index contributed by atoms with van der Waals surface area (Å²) in [4.78, 5) is 34.8. The Kier molecular flexibility index (Phi) is 6.81. The van der Waals surface area contributed by atoms with Gasteiger partial charge in [-0.1, -0.05) is 61.5 Å². The van der Waals surface area contributed by atoms with Crippen molar-refractivity contribution in [3.63, 3.8) is 0 Å². The summed E-state index contributed by atoms with van der Waals surface area (Å²) in [5, 5.41) is 24.8. The highest BCUT2D eigenvalue weighted by molar-refractivity contribution is 5.88. The van der Waals surface area contributed by atoms with Crippen molar-refractivity contribution in [2.24, 2.45) is 5.92 Å². The van der Waals surface area contributed by atoms with E-state index in [1.807, 2.05) is 54.6 Å². The van der Waals surface area contributed by atoms with Gasteiger partial charge in [0.25, 0.3) is 0 Å². The third-order valence-corrected chi connectivity index (χ3v) is 4.97. The molecule has 3 aromatic rings. The first kappa shape index (κ1) is 21.8. The van der Waals surface area contributed by atoms with Gasteiger partial charge >= 0.3 is 18.0 Å². The lowest BCUT2D eigenvalue weighted by atomic mass is 9.95. The first-order valence-corrected chi connectivity index (χ1v) is 9.79. The molecule has 8 nitrogen and oxygen atoms in total. The smallest absolute Gasteiger partial charge is 0.342 e. The zero-order valence-corrected chi connectivity index (χ0v) is 16.9. The molecule has 0 bridgehead atoms. The van der Waals surface area contributed by atoms with Crippen LogP contribution in [0, 0.1) is 5.92 Å². The minimum atomic E-state index is -1.19. The van der Waals surface area contributed by atoms with E-state index in [2.05, 4.69) is 10.4 Å². The van der Waals surface area contributed by atoms with Crippen molar-refractivity contribution in [3.8, 4) is 11.1 Å². The van der Waals surface area contributed by atoms with Gasteiger partial charge in [-0.2, -0.15) is 9.78 Å². The van der Waals surface area contributed by atoms with Gasteiger partial charge < -0.3 is 15.5 Å². The standard InChI is InChI=1S/C23H23N3O5/c1-15(21(27)28)11-20(25-23(31)26-14-19(13-24-26)22(29)30)12-16-7-9-18(10-8-16)17-5-3-2-4-6-17/h2-10,13-15,20H,11-12H2,1H3,(H,25,31)(H,27,28)(H,29,30)/t15-,20+/m1/s1. The van der Waals surface area contributed by atoms with E-state index >= 15 is 0 Å². The minimum absolute atomic E-state index is 0.109. The predicted molar refractivity (Wildman–Crippen MR) is 114 cm³/mol. The van der Waals surface area contributed by atoms with Crippen LogP contribution in [0.5, 0.6) is 0 Å². The molecule has 1 heterocycles. The van der Waals surface area contributed by atoms with Gasteiger partial charge in [0.15, 0.2) is 0 Å². The Morgan fingerprint density at radius 1 is 1.00 bits per heavy atom. The molecule has 0 aliphatic heterocycles. The highest BCUT2D eigenvalue weighted by Crippen LogP contribution is 2.20. The first-order chi connectivity index (χ1) is 14.8. The third kappa shape index (κ3) is 5.79. The van der Waals surface area contributed by atoms with Gasteiger partial charge in [-0.3, -0.25) is 4.79 Å². The fraction of sp³-hybridized carbons (Fsp3) is 0.217. The summed E-state index contributed by atoms with van der Waals surface area (Å²) in [6.45, 7) is 1.58. The Labute approximate surface area is 179 Å². The zero-order chi connectivity index (χ0) is 22.4. The van der Waals surface area contributed by atoms with Crippen LogP contribution in [-0.2, 0) is 11.2 Å². The zero-order valence-electron chi connectivity index (χ0n) is 16.9. The molecular formula is C23H23N3O5. The number of nitrogens with zero attached hydrogens (tertiary/aromatic N) is 2. The van der Waals surface area contributed by atoms with Crippen LogP contribution in [-0.4, -0.2) is 44.0 Å². The normalized spacial score (nSPS) is 12.7. The second-order valence-electron chi connectivity index (χ2n) is 7.37. The molecule has 0 saturated heterocycles. The molecule has 1 amide bonds. The lowest BCUT2D eigenvalue weighted by Crippen LogP contribution is -2.41. The topological polar surface area (TPSA) is 122 Å². The predicted octanol–water partition coefficient (Wildman–Crippen LogP) is 3.53. The van der Waals surface area contributed by atoms with Crippen LogP contribution in [0.1, 0.15) is 29.3 Å². The van der Waals surface area contributed by atoms with Crippen molar-refractivity contribution < 1.29 is 24.6 Å². The maximum Gasteiger partial charge on any atom is 0.342 e. The Morgan fingerprint density at radius 2 is 1.65 bits per heavy atom. The Balaban J connectivity index is 1.74. The van der Waals surface area contributed by atoms with Crippen molar-refractivity contribution in [3.05, 3.63) is 78.1 Å². The summed E-state index contributed by atoms with van der Waals surface area (Å²) < 4.78 is 0.903. The summed E-state index contributed by atoms with van der Waals surface area (Å²) in [6.07, 6.45) is 2.84. The van der Waals surface area contributed by atoms with Gasteiger partial charge in [0.1, 0.15) is 0 Å². The molecule has 0 aliphatic rings. The molecule has 3 N–H and O–H groups in total. The Morgan fingerprint density at radius 3 is 2.23 bits per heavy atom. The number of nitrogens with one attached hydrogen (secondary N) is 1. The molecule has 0 fully saturated rings. The molecule has 0 saturated carbocycles. The quantitative estimate of drug-likeness (QED) is 0.512. The van der Waals surface area contributed by atoms with E-state index < -0.39 is 29.9 Å². The molecule has 0 radical (unpaired) electrons. The molecule has 0 aliphatic carbocycles. The number of benzene rings is 2. The fourth-order valence-corrected chi connectivity index (χ4v) is 3.25. The number of carboxylic acids is 2. The number of carbonyl (C=O) groups is 3. The molecule has 2 atom stereocenters. The number of rotatable bonds is 8. The lowest BCUT2D eigenvalue weighted by molar-refractivity contribution is -0.141. The summed E-state index contributed by atoms with van der Waals surface area (Å²) in [5.41, 5.74) is 2.98. The molecule has 0 unspecified atom stereocenters. The van der Waals surface area contributed by atoms with Gasteiger partial charge in [-0.15, -0.1) is 0 Å². The van der Waals surface area contributed by atoms with Crippen LogP contribution < -0.4 is 5.32 Å². The number of aliphatic carboxylic acids is 1. The average Bonchev–Trinajstić information content (AvgIpc) is 3.25. The lowest BCUT2D eigenvalue weighted by Gasteiger charge is -2.21. The highest BCUT2D eigenvalue weighted by atomic mass is 16.4. The van der Waals surface area contributed by atoms with Gasteiger partial charge in [-0.05, 0) is 29.5 Å². The van der Waals surface area contributed by atoms with Gasteiger partial charge in [0.05, 0.1) is 23.9 Å². The van der Waals surface area contributed by atoms with E-state index in [9.17, 15) is 19.5 Å². The van der Waals surface area contributed by atoms with E-state index in [4.69, 9.17) is 5.11 Å². The van der Waals surface area contributed by atoms with Crippen LogP contribution in [0.2, 0.25) is 0 Å². The van der Waals surface area contributed by atoms with Crippen molar-refractivity contribution in [2.75, 3.05) is 0 Å². The van der Waals surface area contributed by atoms with E-state index in [0.717, 1.165) is 33.8 Å². The Bertz CT molecular complexity index is 1060. The molecular weight excluding hydrogens is 398 g/mol. The van der Waals surface area contributed by atoms with Crippen molar-refractivity contribution >= 4 is 18.0 Å². The summed E-state index contributed by atoms with van der Waals surface area (Å²) in [6, 6.07) is 16.7. The average molecular weight is 421 g/mol. The maximum atomic E-state index is 12.5. The van der Waals surface area contributed by atoms with Crippen LogP contribution in [0.25, 0.3) is 11.1 Å². The van der Waals surface area contributed by atoms with Gasteiger partial charge in [-0.25, -0.2) is 9.59 Å². The van der Waals surface area contributed by atoms with Crippen LogP contribution >= 0.6 is 0 Å². The van der Waals surface area contributed by atoms with Crippen molar-refractivity contribution in [1.82, 2.24) is 15.1 Å². The number of aromatic nitrogens is 2. The highest BCUT2D eigenvalue weighted by Gasteiger charge is 2.22. The Hall–Kier alpha value is -3.94. The van der Waals surface area contributed by atoms with E-state index in [1.54, 1.807) is 6.92 Å². The molecule has 31 heavy (non-hydrogen) atoms. The van der Waals surface area contributed by atoms with E-state index in [0.29, 0.717) is 6.42 Å². The molecule has 0 spiro atoms. The molecule has 2 aromatic carbocycles. The number of hydrogen-bond acceptors (Lipinski definition) is 4. The second kappa shape index (κ2) is 9.71. The van der Waals surface area contributed by atoms with Gasteiger partial charge in [0.2, 0.25) is 0 Å². The number of hydrogen-bond donors (Lipinski definition) is 3. The third-order valence-electron chi connectivity index (χ3n) is 4.97. The van der Waals surface area contributed by atoms with E-state index in [1.165, 1.54) is 0 Å². The minimum Gasteiger partial charge on any atom is -0.481 e. The maximum absolute atomic E-state index is 12.5. The fourth-order valence-electron chi connectivity index (χ4n) is 3.25. The number of aromatic carboxylic acids is 1. The van der Waals surface area contributed by atoms with Crippen molar-refractivity contribution in [2.45, 2.75) is 25.8 Å². The van der Waals surface area contributed by atoms with Gasteiger partial charge in [0, 0.05) is 6.04 Å². The van der Waals surface area contributed by atoms with Crippen LogP contribution in [0.15, 0.2) is 67.0 Å².